The maximum atomic E-state index is 10.7. The average Bonchev–Trinajstić information content (AvgIpc) is 2.34. The summed E-state index contributed by atoms with van der Waals surface area (Å²) < 4.78 is 4.38. The predicted molar refractivity (Wildman–Crippen MR) is 29.4 cm³/mol. The number of amides is 1. The molecule has 10 heavy (non-hydrogen) atoms. The zero-order chi connectivity index (χ0) is 7.56. The van der Waals surface area contributed by atoms with Gasteiger partial charge in [-0.05, 0) is 0 Å². The van der Waals surface area contributed by atoms with Crippen molar-refractivity contribution >= 4 is 5.91 Å². The number of hydrogen-bond acceptors (Lipinski definition) is 4. The Kier molecular flexibility index (Phi) is 1.63. The quantitative estimate of drug-likeness (QED) is 0.281. The molecule has 0 aliphatic carbocycles. The van der Waals surface area contributed by atoms with Crippen LogP contribution in [0.1, 0.15) is 16.2 Å². The van der Waals surface area contributed by atoms with Crippen molar-refractivity contribution in [1.29, 1.82) is 0 Å². The van der Waals surface area contributed by atoms with Gasteiger partial charge in [-0.2, -0.15) is 0 Å². The molecule has 1 heterocycles. The van der Waals surface area contributed by atoms with Gasteiger partial charge in [0, 0.05) is 6.92 Å². The summed E-state index contributed by atoms with van der Waals surface area (Å²) in [5.74, 6) is 4.40. The van der Waals surface area contributed by atoms with Crippen LogP contribution in [0, 0.1) is 6.92 Å². The van der Waals surface area contributed by atoms with Crippen LogP contribution in [0.3, 0.4) is 0 Å². The van der Waals surface area contributed by atoms with Gasteiger partial charge in [-0.15, -0.1) is 0 Å². The molecule has 1 amide bonds. The number of aromatic amines is 1. The highest BCUT2D eigenvalue weighted by molar-refractivity contribution is 5.90. The van der Waals surface area contributed by atoms with E-state index in [-0.39, 0.29) is 5.69 Å². The van der Waals surface area contributed by atoms with E-state index in [9.17, 15) is 4.79 Å². The number of nitrogens with one attached hydrogen (secondary N) is 2. The molecule has 54 valence electrons. The highest BCUT2D eigenvalue weighted by atomic mass is 16.6. The van der Waals surface area contributed by atoms with E-state index in [1.165, 1.54) is 0 Å². The standard InChI is InChI=1S/C4H6N4O2/c1-2-3(4(9)6-5)8-10-7-2/h5H2,1H3,(H,6,9)/p+1. The molecule has 0 spiro atoms. The fourth-order valence-corrected chi connectivity index (χ4v) is 0.539. The van der Waals surface area contributed by atoms with E-state index >= 15 is 0 Å². The molecular formula is C4H7N4O2+. The second-order valence-corrected chi connectivity index (χ2v) is 1.72. The first kappa shape index (κ1) is 6.69. The van der Waals surface area contributed by atoms with Gasteiger partial charge in [-0.25, -0.2) is 5.84 Å². The number of hydrogen-bond donors (Lipinski definition) is 2. The molecule has 1 aromatic heterocycles. The van der Waals surface area contributed by atoms with Gasteiger partial charge >= 0.3 is 5.91 Å². The number of hydrazine groups is 1. The Balaban J connectivity index is 2.93. The maximum Gasteiger partial charge on any atom is 0.312 e. The first-order valence-electron chi connectivity index (χ1n) is 2.60. The zero-order valence-corrected chi connectivity index (χ0v) is 5.34. The first-order chi connectivity index (χ1) is 4.75. The third kappa shape index (κ3) is 0.960. The lowest BCUT2D eigenvalue weighted by Gasteiger charge is -1.86. The van der Waals surface area contributed by atoms with Gasteiger partial charge in [0.1, 0.15) is 0 Å². The highest BCUT2D eigenvalue weighted by Gasteiger charge is 2.19. The molecule has 0 aliphatic heterocycles. The molecule has 4 N–H and O–H groups in total. The van der Waals surface area contributed by atoms with E-state index in [2.05, 4.69) is 14.9 Å². The smallest absolute Gasteiger partial charge is 0.287 e. The van der Waals surface area contributed by atoms with Crippen LogP contribution in [0.2, 0.25) is 0 Å². The maximum absolute atomic E-state index is 10.7. The molecule has 0 bridgehead atoms. The largest absolute Gasteiger partial charge is 0.312 e. The van der Waals surface area contributed by atoms with Crippen molar-refractivity contribution in [2.45, 2.75) is 6.92 Å². The molecule has 0 aromatic carbocycles. The minimum Gasteiger partial charge on any atom is -0.287 e. The summed E-state index contributed by atoms with van der Waals surface area (Å²) in [4.78, 5) is 10.7. The van der Waals surface area contributed by atoms with Crippen LogP contribution >= 0.6 is 0 Å². The van der Waals surface area contributed by atoms with E-state index in [1.807, 2.05) is 5.43 Å². The first-order valence-corrected chi connectivity index (χ1v) is 2.60. The summed E-state index contributed by atoms with van der Waals surface area (Å²) in [5, 5.41) is 5.72. The summed E-state index contributed by atoms with van der Waals surface area (Å²) in [6.07, 6.45) is 0. The van der Waals surface area contributed by atoms with Gasteiger partial charge in [0.05, 0.1) is 0 Å². The Bertz CT molecular complexity index is 243. The molecule has 6 heteroatoms. The third-order valence-corrected chi connectivity index (χ3v) is 1.05. The Hall–Kier alpha value is -1.43. The van der Waals surface area contributed by atoms with Gasteiger partial charge in [0.25, 0.3) is 11.4 Å². The van der Waals surface area contributed by atoms with Crippen molar-refractivity contribution < 1.29 is 14.6 Å². The summed E-state index contributed by atoms with van der Waals surface area (Å²) in [6, 6.07) is 0. The van der Waals surface area contributed by atoms with Crippen LogP contribution in [0.4, 0.5) is 0 Å². The minimum atomic E-state index is -0.446. The summed E-state index contributed by atoms with van der Waals surface area (Å²) >= 11 is 0. The fraction of sp³-hybridized carbons (Fsp3) is 0.250. The Morgan fingerprint density at radius 1 is 1.90 bits per heavy atom. The molecule has 1 aromatic rings. The Labute approximate surface area is 56.3 Å². The monoisotopic (exact) mass is 143 g/mol. The normalized spacial score (nSPS) is 9.40. The molecule has 0 radical (unpaired) electrons. The van der Waals surface area contributed by atoms with Crippen LogP contribution in [0.5, 0.6) is 0 Å². The molecular weight excluding hydrogens is 136 g/mol. The van der Waals surface area contributed by atoms with E-state index in [4.69, 9.17) is 5.84 Å². The van der Waals surface area contributed by atoms with Crippen molar-refractivity contribution in [2.24, 2.45) is 5.84 Å². The molecule has 0 atom stereocenters. The molecule has 0 unspecified atom stereocenters. The molecule has 6 nitrogen and oxygen atoms in total. The van der Waals surface area contributed by atoms with Crippen LogP contribution in [0.15, 0.2) is 4.63 Å². The lowest BCUT2D eigenvalue weighted by molar-refractivity contribution is -0.624. The Morgan fingerprint density at radius 3 is 3.00 bits per heavy atom. The van der Waals surface area contributed by atoms with Crippen molar-refractivity contribution in [3.8, 4) is 0 Å². The van der Waals surface area contributed by atoms with Crippen molar-refractivity contribution in [1.82, 2.24) is 10.6 Å². The SMILES string of the molecule is Cc1no[nH+]c1C(=O)NN. The van der Waals surface area contributed by atoms with E-state index in [0.29, 0.717) is 5.69 Å². The number of nitrogens with two attached hydrogens (primary N) is 1. The average molecular weight is 143 g/mol. The molecule has 0 saturated carbocycles. The number of aromatic nitrogens is 2. The lowest BCUT2D eigenvalue weighted by atomic mass is 10.3. The lowest BCUT2D eigenvalue weighted by Crippen LogP contribution is -2.33. The van der Waals surface area contributed by atoms with Crippen molar-refractivity contribution in [3.63, 3.8) is 0 Å². The third-order valence-electron chi connectivity index (χ3n) is 1.05. The number of aryl methyl sites for hydroxylation is 1. The topological polar surface area (TPSA) is 95.3 Å². The Morgan fingerprint density at radius 2 is 2.60 bits per heavy atom. The van der Waals surface area contributed by atoms with Crippen LogP contribution in [0.25, 0.3) is 0 Å². The fourth-order valence-electron chi connectivity index (χ4n) is 0.539. The predicted octanol–water partition coefficient (Wildman–Crippen LogP) is -1.60. The van der Waals surface area contributed by atoms with E-state index < -0.39 is 5.91 Å². The van der Waals surface area contributed by atoms with E-state index in [1.54, 1.807) is 6.92 Å². The molecule has 0 saturated heterocycles. The van der Waals surface area contributed by atoms with Crippen molar-refractivity contribution in [2.75, 3.05) is 0 Å². The summed E-state index contributed by atoms with van der Waals surface area (Å²) in [5.41, 5.74) is 2.65. The van der Waals surface area contributed by atoms with Crippen LogP contribution < -0.4 is 16.4 Å². The molecule has 0 fully saturated rings. The van der Waals surface area contributed by atoms with Crippen LogP contribution in [-0.2, 0) is 0 Å². The van der Waals surface area contributed by atoms with Crippen LogP contribution in [-0.4, -0.2) is 11.1 Å². The highest BCUT2D eigenvalue weighted by Crippen LogP contribution is 1.93. The number of carbonyl (C=O) groups is 1. The number of H-pyrrole nitrogens is 1. The molecule has 0 aliphatic rings. The second-order valence-electron chi connectivity index (χ2n) is 1.72. The number of nitrogen functional groups attached to an aromatic ring is 1. The molecule has 1 rings (SSSR count). The summed E-state index contributed by atoms with van der Waals surface area (Å²) in [7, 11) is 0. The number of rotatable bonds is 1. The van der Waals surface area contributed by atoms with Gasteiger partial charge in [0.2, 0.25) is 0 Å². The van der Waals surface area contributed by atoms with E-state index in [0.717, 1.165) is 0 Å². The second kappa shape index (κ2) is 2.44. The van der Waals surface area contributed by atoms with Gasteiger partial charge in [-0.3, -0.25) is 10.2 Å². The minimum absolute atomic E-state index is 0.238. The van der Waals surface area contributed by atoms with Gasteiger partial charge in [0.15, 0.2) is 5.16 Å². The number of nitrogens with zero attached hydrogens (tertiary/aromatic N) is 1. The zero-order valence-electron chi connectivity index (χ0n) is 5.34. The summed E-state index contributed by atoms with van der Waals surface area (Å²) in [6.45, 7) is 1.63. The number of carbonyl (C=O) groups excluding carboxylic acids is 1. The van der Waals surface area contributed by atoms with Gasteiger partial charge < -0.3 is 0 Å². The van der Waals surface area contributed by atoms with Crippen molar-refractivity contribution in [3.05, 3.63) is 11.4 Å². The van der Waals surface area contributed by atoms with Gasteiger partial charge in [-0.1, -0.05) is 9.79 Å².